The molecule has 0 unspecified atom stereocenters. The first-order valence-corrected chi connectivity index (χ1v) is 9.47. The molecule has 1 rings (SSSR count). The number of methoxy groups -OCH3 is 1. The molecule has 0 saturated heterocycles. The van der Waals surface area contributed by atoms with Crippen LogP contribution in [0, 0.1) is 5.92 Å². The first kappa shape index (κ1) is 23.0. The van der Waals surface area contributed by atoms with Gasteiger partial charge in [-0.2, -0.15) is 0 Å². The Morgan fingerprint density at radius 2 is 1.85 bits per heavy atom. The van der Waals surface area contributed by atoms with Gasteiger partial charge in [-0.1, -0.05) is 20.8 Å². The summed E-state index contributed by atoms with van der Waals surface area (Å²) in [5.41, 5.74) is -0.182. The monoisotopic (exact) mass is 379 g/mol. The second kappa shape index (κ2) is 10.3. The molecule has 1 N–H and O–H groups in total. The van der Waals surface area contributed by atoms with E-state index in [9.17, 15) is 9.59 Å². The number of benzene rings is 1. The topological polar surface area (TPSA) is 73.9 Å². The Kier molecular flexibility index (Phi) is 8.76. The summed E-state index contributed by atoms with van der Waals surface area (Å²) < 4.78 is 16.4. The highest BCUT2D eigenvalue weighted by atomic mass is 16.5. The summed E-state index contributed by atoms with van der Waals surface area (Å²) in [6.07, 6.45) is 1.33. The lowest BCUT2D eigenvalue weighted by Crippen LogP contribution is -2.44. The van der Waals surface area contributed by atoms with Crippen LogP contribution in [0.2, 0.25) is 0 Å². The van der Waals surface area contributed by atoms with Crippen molar-refractivity contribution < 1.29 is 23.8 Å². The van der Waals surface area contributed by atoms with Crippen LogP contribution in [0.1, 0.15) is 64.7 Å². The number of carbonyl (C=O) groups excluding carboxylic acids is 2. The van der Waals surface area contributed by atoms with Crippen LogP contribution in [0.5, 0.6) is 5.75 Å². The van der Waals surface area contributed by atoms with Crippen molar-refractivity contribution in [2.45, 2.75) is 66.1 Å². The molecule has 0 heterocycles. The number of hydrogen-bond donors (Lipinski definition) is 1. The summed E-state index contributed by atoms with van der Waals surface area (Å²) in [4.78, 5) is 25.0. The number of esters is 1. The molecule has 152 valence electrons. The van der Waals surface area contributed by atoms with Crippen molar-refractivity contribution in [3.05, 3.63) is 23.8 Å². The number of hydrogen-bond acceptors (Lipinski definition) is 5. The van der Waals surface area contributed by atoms with Crippen LogP contribution in [0.25, 0.3) is 0 Å². The zero-order chi connectivity index (χ0) is 20.6. The molecule has 0 aliphatic carbocycles. The van der Waals surface area contributed by atoms with Gasteiger partial charge in [-0.15, -0.1) is 0 Å². The van der Waals surface area contributed by atoms with Crippen molar-refractivity contribution in [3.8, 4) is 5.75 Å². The van der Waals surface area contributed by atoms with Crippen molar-refractivity contribution in [2.75, 3.05) is 19.0 Å². The van der Waals surface area contributed by atoms with Gasteiger partial charge in [0.2, 0.25) is 0 Å². The number of anilines is 1. The summed E-state index contributed by atoms with van der Waals surface area (Å²) in [7, 11) is 1.31. The van der Waals surface area contributed by atoms with Crippen LogP contribution in [-0.2, 0) is 14.3 Å². The van der Waals surface area contributed by atoms with Gasteiger partial charge in [0.15, 0.2) is 0 Å². The van der Waals surface area contributed by atoms with Gasteiger partial charge < -0.3 is 19.5 Å². The Balaban J connectivity index is 3.10. The molecule has 1 amide bonds. The zero-order valence-electron chi connectivity index (χ0n) is 17.5. The van der Waals surface area contributed by atoms with Crippen LogP contribution in [0.3, 0.4) is 0 Å². The lowest BCUT2D eigenvalue weighted by molar-refractivity contribution is -0.141. The Bertz CT molecular complexity index is 641. The normalized spacial score (nSPS) is 13.4. The Hall–Kier alpha value is -2.08. The fourth-order valence-electron chi connectivity index (χ4n) is 2.82. The standard InChI is InChI=1S/C21H33NO5/c1-8-11-26-21(6,13-14(2)3)20(24)22-16-9-10-18(27-15(4)5)17(12-16)19(23)25-7/h9-10,12,14-15H,8,11,13H2,1-7H3,(H,22,24)/t21-/m0/s1. The number of rotatable bonds is 10. The van der Waals surface area contributed by atoms with E-state index < -0.39 is 11.6 Å². The number of carbonyl (C=O) groups is 2. The average Bonchev–Trinajstić information content (AvgIpc) is 2.59. The van der Waals surface area contributed by atoms with Gasteiger partial charge in [0.25, 0.3) is 5.91 Å². The first-order chi connectivity index (χ1) is 12.6. The third kappa shape index (κ3) is 6.86. The number of ether oxygens (including phenoxy) is 3. The molecule has 0 bridgehead atoms. The molecular weight excluding hydrogens is 346 g/mol. The largest absolute Gasteiger partial charge is 0.490 e. The van der Waals surface area contributed by atoms with E-state index in [0.29, 0.717) is 30.4 Å². The minimum atomic E-state index is -0.942. The summed E-state index contributed by atoms with van der Waals surface area (Å²) >= 11 is 0. The second-order valence-electron chi connectivity index (χ2n) is 7.50. The second-order valence-corrected chi connectivity index (χ2v) is 7.50. The molecule has 0 saturated carbocycles. The number of nitrogens with one attached hydrogen (secondary N) is 1. The third-order valence-corrected chi connectivity index (χ3v) is 3.91. The molecule has 6 heteroatoms. The van der Waals surface area contributed by atoms with Crippen LogP contribution in [0.15, 0.2) is 18.2 Å². The Morgan fingerprint density at radius 3 is 2.37 bits per heavy atom. The van der Waals surface area contributed by atoms with Crippen molar-refractivity contribution >= 4 is 17.6 Å². The fourth-order valence-corrected chi connectivity index (χ4v) is 2.82. The summed E-state index contributed by atoms with van der Waals surface area (Å²) in [6.45, 7) is 12.2. The molecule has 1 aromatic carbocycles. The highest BCUT2D eigenvalue weighted by Gasteiger charge is 2.35. The van der Waals surface area contributed by atoms with E-state index >= 15 is 0 Å². The lowest BCUT2D eigenvalue weighted by Gasteiger charge is -2.30. The van der Waals surface area contributed by atoms with E-state index in [4.69, 9.17) is 14.2 Å². The molecule has 1 aromatic rings. The van der Waals surface area contributed by atoms with E-state index in [1.165, 1.54) is 7.11 Å². The molecule has 0 aromatic heterocycles. The fraction of sp³-hybridized carbons (Fsp3) is 0.619. The van der Waals surface area contributed by atoms with Crippen LogP contribution >= 0.6 is 0 Å². The van der Waals surface area contributed by atoms with Gasteiger partial charge in [0, 0.05) is 12.3 Å². The van der Waals surface area contributed by atoms with E-state index in [1.54, 1.807) is 25.1 Å². The van der Waals surface area contributed by atoms with Crippen LogP contribution in [0.4, 0.5) is 5.69 Å². The SMILES string of the molecule is CCCO[C@@](C)(CC(C)C)C(=O)Nc1ccc(OC(C)C)c(C(=O)OC)c1. The van der Waals surface area contributed by atoms with Gasteiger partial charge in [0.1, 0.15) is 16.9 Å². The Labute approximate surface area is 162 Å². The summed E-state index contributed by atoms with van der Waals surface area (Å²) in [6, 6.07) is 4.93. The zero-order valence-corrected chi connectivity index (χ0v) is 17.5. The predicted molar refractivity (Wildman–Crippen MR) is 106 cm³/mol. The van der Waals surface area contributed by atoms with Crippen molar-refractivity contribution in [2.24, 2.45) is 5.92 Å². The molecule has 0 fully saturated rings. The van der Waals surface area contributed by atoms with Gasteiger partial charge in [0.05, 0.1) is 13.2 Å². The van der Waals surface area contributed by atoms with Crippen LogP contribution in [-0.4, -0.2) is 37.3 Å². The molecule has 6 nitrogen and oxygen atoms in total. The minimum absolute atomic E-state index is 0.0920. The smallest absolute Gasteiger partial charge is 0.341 e. The van der Waals surface area contributed by atoms with E-state index in [-0.39, 0.29) is 17.6 Å². The van der Waals surface area contributed by atoms with Crippen molar-refractivity contribution in [1.82, 2.24) is 0 Å². The maximum atomic E-state index is 12.9. The van der Waals surface area contributed by atoms with E-state index in [1.807, 2.05) is 34.6 Å². The molecule has 1 atom stereocenters. The highest BCUT2D eigenvalue weighted by Crippen LogP contribution is 2.27. The molecular formula is C21H33NO5. The highest BCUT2D eigenvalue weighted by molar-refractivity contribution is 5.99. The molecule has 0 aliphatic rings. The molecule has 27 heavy (non-hydrogen) atoms. The number of amides is 1. The predicted octanol–water partition coefficient (Wildman–Crippen LogP) is 4.43. The third-order valence-electron chi connectivity index (χ3n) is 3.91. The van der Waals surface area contributed by atoms with Crippen LogP contribution < -0.4 is 10.1 Å². The summed E-state index contributed by atoms with van der Waals surface area (Å²) in [5.74, 6) is -0.0426. The van der Waals surface area contributed by atoms with E-state index in [2.05, 4.69) is 5.32 Å². The van der Waals surface area contributed by atoms with Gasteiger partial charge in [-0.05, 0) is 57.7 Å². The van der Waals surface area contributed by atoms with Gasteiger partial charge in [-0.3, -0.25) is 4.79 Å². The maximum absolute atomic E-state index is 12.9. The maximum Gasteiger partial charge on any atom is 0.341 e. The molecule has 0 radical (unpaired) electrons. The Morgan fingerprint density at radius 1 is 1.19 bits per heavy atom. The van der Waals surface area contributed by atoms with Crippen molar-refractivity contribution in [3.63, 3.8) is 0 Å². The van der Waals surface area contributed by atoms with E-state index in [0.717, 1.165) is 6.42 Å². The average molecular weight is 379 g/mol. The first-order valence-electron chi connectivity index (χ1n) is 9.47. The minimum Gasteiger partial charge on any atom is -0.490 e. The van der Waals surface area contributed by atoms with Crippen molar-refractivity contribution in [1.29, 1.82) is 0 Å². The molecule has 0 aliphatic heterocycles. The molecule has 0 spiro atoms. The van der Waals surface area contributed by atoms with Gasteiger partial charge >= 0.3 is 5.97 Å². The quantitative estimate of drug-likeness (QED) is 0.609. The summed E-state index contributed by atoms with van der Waals surface area (Å²) in [5, 5.41) is 2.87. The van der Waals surface area contributed by atoms with Gasteiger partial charge in [-0.25, -0.2) is 4.79 Å². The lowest BCUT2D eigenvalue weighted by atomic mass is 9.93.